The Labute approximate surface area is 90.1 Å². The number of hydrogen-bond donors (Lipinski definition) is 0. The maximum absolute atomic E-state index is 11.9. The van der Waals surface area contributed by atoms with Gasteiger partial charge in [-0.1, -0.05) is 0 Å². The summed E-state index contributed by atoms with van der Waals surface area (Å²) in [6.07, 6.45) is 0. The van der Waals surface area contributed by atoms with Crippen LogP contribution < -0.4 is 0 Å². The Balaban J connectivity index is 2.54. The average Bonchev–Trinajstić information content (AvgIpc) is 2.41. The van der Waals surface area contributed by atoms with E-state index in [4.69, 9.17) is 0 Å². The van der Waals surface area contributed by atoms with Crippen molar-refractivity contribution in [1.82, 2.24) is 0 Å². The van der Waals surface area contributed by atoms with E-state index in [0.717, 1.165) is 0 Å². The molecule has 3 heteroatoms. The molecule has 0 unspecified atom stereocenters. The van der Waals surface area contributed by atoms with Gasteiger partial charge in [0, 0.05) is 0 Å². The number of carbonyl (C=O) groups excluding carboxylic acids is 2. The molecular weight excluding hydrogens is 291 g/mol. The Morgan fingerprint density at radius 1 is 1.00 bits per heavy atom. The van der Waals surface area contributed by atoms with Crippen LogP contribution in [0, 0.1) is 0 Å². The van der Waals surface area contributed by atoms with Crippen LogP contribution in [0.3, 0.4) is 0 Å². The Morgan fingerprint density at radius 2 is 1.43 bits per heavy atom. The van der Waals surface area contributed by atoms with Gasteiger partial charge < -0.3 is 0 Å². The van der Waals surface area contributed by atoms with Gasteiger partial charge >= 0.3 is 90.2 Å². The van der Waals surface area contributed by atoms with Crippen molar-refractivity contribution in [3.8, 4) is 0 Å². The Morgan fingerprint density at radius 3 is 1.79 bits per heavy atom. The molecule has 0 spiro atoms. The molecule has 0 saturated heterocycles. The molecule has 1 aromatic carbocycles. The van der Waals surface area contributed by atoms with Crippen molar-refractivity contribution in [2.75, 3.05) is 0 Å². The first kappa shape index (κ1) is 9.83. The molecule has 1 aliphatic heterocycles. The van der Waals surface area contributed by atoms with Crippen molar-refractivity contribution in [2.45, 2.75) is 17.8 Å². The summed E-state index contributed by atoms with van der Waals surface area (Å²) in [4.78, 5) is 23.8. The molecular formula is C11H11IO2. The molecule has 74 valence electrons. The van der Waals surface area contributed by atoms with E-state index in [2.05, 4.69) is 0 Å². The minimum absolute atomic E-state index is 0.143. The quantitative estimate of drug-likeness (QED) is 0.454. The molecule has 0 bridgehead atoms. The Bertz CT molecular complexity index is 375. The molecule has 0 aromatic heterocycles. The summed E-state index contributed by atoms with van der Waals surface area (Å²) in [5.41, 5.74) is 1.33. The third-order valence-electron chi connectivity index (χ3n) is 2.16. The summed E-state index contributed by atoms with van der Waals surface area (Å²) in [7, 11) is 0. The number of hydrogen-bond acceptors (Lipinski definition) is 2. The topological polar surface area (TPSA) is 34.1 Å². The fourth-order valence-corrected chi connectivity index (χ4v) is 6.42. The predicted molar refractivity (Wildman–Crippen MR) is 64.3 cm³/mol. The van der Waals surface area contributed by atoms with E-state index in [-0.39, 0.29) is 11.5 Å². The zero-order valence-corrected chi connectivity index (χ0v) is 10.2. The van der Waals surface area contributed by atoms with Crippen LogP contribution in [-0.2, 0) is 0 Å². The molecule has 1 heterocycles. The van der Waals surface area contributed by atoms with Gasteiger partial charge in [-0.2, -0.15) is 0 Å². The molecule has 0 saturated carbocycles. The summed E-state index contributed by atoms with van der Waals surface area (Å²) in [5, 5.41) is 0. The molecule has 0 aliphatic carbocycles. The molecule has 14 heavy (non-hydrogen) atoms. The van der Waals surface area contributed by atoms with Gasteiger partial charge in [0.1, 0.15) is 0 Å². The summed E-state index contributed by atoms with van der Waals surface area (Å²) in [6, 6.07) is 7.19. The third kappa shape index (κ3) is 1.30. The monoisotopic (exact) mass is 302 g/mol. The second kappa shape index (κ2) is 3.46. The molecule has 2 nitrogen and oxygen atoms in total. The summed E-state index contributed by atoms with van der Waals surface area (Å²) >= 11 is -2.09. The fraction of sp³-hybridized carbons (Fsp3) is 0.273. The second-order valence-corrected chi connectivity index (χ2v) is 9.66. The molecule has 0 amide bonds. The van der Waals surface area contributed by atoms with Crippen molar-refractivity contribution in [1.29, 1.82) is 0 Å². The summed E-state index contributed by atoms with van der Waals surface area (Å²) < 4.78 is 0.529. The van der Waals surface area contributed by atoms with Gasteiger partial charge in [-0.25, -0.2) is 0 Å². The number of fused-ring (bicyclic) bond motifs is 1. The number of halogens is 1. The van der Waals surface area contributed by atoms with Gasteiger partial charge in [0.25, 0.3) is 0 Å². The van der Waals surface area contributed by atoms with E-state index in [0.29, 0.717) is 11.1 Å². The second-order valence-electron chi connectivity index (χ2n) is 3.42. The van der Waals surface area contributed by atoms with Crippen molar-refractivity contribution in [3.63, 3.8) is 0 Å². The number of rotatable bonds is 1. The van der Waals surface area contributed by atoms with Crippen LogP contribution in [0.2, 0.25) is 0 Å². The SMILES string of the molecule is CC(C)I1C(=O)c2ccccc2C1=O. The molecule has 1 aliphatic rings. The fourth-order valence-electron chi connectivity index (χ4n) is 1.52. The molecule has 2 rings (SSSR count). The Hall–Kier alpha value is -0.710. The first-order valence-corrected chi connectivity index (χ1v) is 7.89. The van der Waals surface area contributed by atoms with Crippen molar-refractivity contribution < 1.29 is 9.59 Å². The van der Waals surface area contributed by atoms with Gasteiger partial charge in [0.2, 0.25) is 0 Å². The predicted octanol–water partition coefficient (Wildman–Crippen LogP) is 2.90. The maximum atomic E-state index is 11.9. The number of benzene rings is 1. The zero-order chi connectivity index (χ0) is 10.3. The summed E-state index contributed by atoms with van der Waals surface area (Å²) in [6.45, 7) is 3.96. The van der Waals surface area contributed by atoms with Gasteiger partial charge in [-0.15, -0.1) is 0 Å². The van der Waals surface area contributed by atoms with Crippen LogP contribution in [-0.4, -0.2) is 11.5 Å². The van der Waals surface area contributed by atoms with Crippen LogP contribution in [0.15, 0.2) is 24.3 Å². The van der Waals surface area contributed by atoms with E-state index in [9.17, 15) is 9.59 Å². The van der Waals surface area contributed by atoms with Gasteiger partial charge in [0.15, 0.2) is 0 Å². The van der Waals surface area contributed by atoms with Crippen LogP contribution in [0.25, 0.3) is 0 Å². The van der Waals surface area contributed by atoms with Crippen molar-refractivity contribution in [2.24, 2.45) is 0 Å². The molecule has 1 aromatic rings. The van der Waals surface area contributed by atoms with Crippen molar-refractivity contribution >= 4 is 27.4 Å². The minimum atomic E-state index is -2.09. The van der Waals surface area contributed by atoms with Crippen LogP contribution in [0.4, 0.5) is 0 Å². The standard InChI is InChI=1S/C11H11IO2/c1-7(2)12-10(13)8-5-3-4-6-9(8)11(12)14/h3-7H,1-2H3. The van der Waals surface area contributed by atoms with Crippen LogP contribution in [0.1, 0.15) is 34.6 Å². The van der Waals surface area contributed by atoms with Crippen LogP contribution >= 0.6 is 19.8 Å². The van der Waals surface area contributed by atoms with E-state index in [1.807, 2.05) is 26.0 Å². The van der Waals surface area contributed by atoms with E-state index in [1.165, 1.54) is 0 Å². The third-order valence-corrected chi connectivity index (χ3v) is 7.92. The molecule has 0 fully saturated rings. The van der Waals surface area contributed by atoms with E-state index in [1.54, 1.807) is 12.1 Å². The molecule has 0 N–H and O–H groups in total. The first-order valence-electron chi connectivity index (χ1n) is 4.49. The van der Waals surface area contributed by atoms with Gasteiger partial charge in [-0.05, 0) is 0 Å². The van der Waals surface area contributed by atoms with Gasteiger partial charge in [0.05, 0.1) is 0 Å². The van der Waals surface area contributed by atoms with Crippen molar-refractivity contribution in [3.05, 3.63) is 35.4 Å². The normalized spacial score (nSPS) is 17.8. The molecule has 0 atom stereocenters. The molecule has 0 radical (unpaired) electrons. The van der Waals surface area contributed by atoms with Gasteiger partial charge in [-0.3, -0.25) is 0 Å². The average molecular weight is 302 g/mol. The number of alkyl halides is 1. The van der Waals surface area contributed by atoms with Crippen LogP contribution in [0.5, 0.6) is 0 Å². The number of carbonyl (C=O) groups is 2. The van der Waals surface area contributed by atoms with E-state index >= 15 is 0 Å². The first-order chi connectivity index (χ1) is 6.63. The van der Waals surface area contributed by atoms with E-state index < -0.39 is 19.8 Å². The Kier molecular flexibility index (Phi) is 2.43. The zero-order valence-electron chi connectivity index (χ0n) is 8.08. The summed E-state index contributed by atoms with van der Waals surface area (Å²) in [5.74, 6) is 0.